The molecule has 1 saturated heterocycles. The van der Waals surface area contributed by atoms with Crippen molar-refractivity contribution in [2.24, 2.45) is 11.7 Å². The predicted molar refractivity (Wildman–Crippen MR) is 81.8 cm³/mol. The van der Waals surface area contributed by atoms with Crippen LogP contribution in [0.1, 0.15) is 51.4 Å². The molecule has 2 aliphatic rings. The third-order valence-electron chi connectivity index (χ3n) is 4.83. The van der Waals surface area contributed by atoms with Gasteiger partial charge in [0, 0.05) is 18.8 Å². The third kappa shape index (κ3) is 4.76. The van der Waals surface area contributed by atoms with E-state index in [0.29, 0.717) is 13.0 Å². The average Bonchev–Trinajstić information content (AvgIpc) is 2.44. The molecule has 122 valence electrons. The van der Waals surface area contributed by atoms with Crippen LogP contribution in [0.4, 0.5) is 0 Å². The summed E-state index contributed by atoms with van der Waals surface area (Å²) in [5.41, 5.74) is 5.80. The molecule has 0 amide bonds. The lowest BCUT2D eigenvalue weighted by Gasteiger charge is -2.43. The Balaban J connectivity index is 1.92. The van der Waals surface area contributed by atoms with Gasteiger partial charge in [-0.05, 0) is 32.1 Å². The molecule has 21 heavy (non-hydrogen) atoms. The maximum Gasteiger partial charge on any atom is 0.152 e. The minimum Gasteiger partial charge on any atom is -0.375 e. The SMILES string of the molecule is CS(=O)(=O)CCC(N)C(=O)C1CCOC2(CCCCC2)C1. The second-order valence-electron chi connectivity index (χ2n) is 6.71. The van der Waals surface area contributed by atoms with Gasteiger partial charge in [0.25, 0.3) is 0 Å². The van der Waals surface area contributed by atoms with Gasteiger partial charge in [0.05, 0.1) is 17.4 Å². The van der Waals surface area contributed by atoms with Crippen molar-refractivity contribution in [3.8, 4) is 0 Å². The number of hydrogen-bond donors (Lipinski definition) is 1. The van der Waals surface area contributed by atoms with Gasteiger partial charge in [-0.1, -0.05) is 19.3 Å². The van der Waals surface area contributed by atoms with Crippen LogP contribution in [0.3, 0.4) is 0 Å². The zero-order chi connectivity index (χ0) is 15.5. The summed E-state index contributed by atoms with van der Waals surface area (Å²) in [4.78, 5) is 12.5. The van der Waals surface area contributed by atoms with Crippen molar-refractivity contribution >= 4 is 15.6 Å². The Hall–Kier alpha value is -0.460. The van der Waals surface area contributed by atoms with Crippen molar-refractivity contribution in [2.75, 3.05) is 18.6 Å². The molecule has 0 bridgehead atoms. The number of ketones is 1. The Morgan fingerprint density at radius 2 is 2.00 bits per heavy atom. The minimum atomic E-state index is -3.07. The lowest BCUT2D eigenvalue weighted by molar-refractivity contribution is -0.143. The first-order valence-corrected chi connectivity index (χ1v) is 9.98. The molecule has 2 N–H and O–H groups in total. The van der Waals surface area contributed by atoms with Crippen molar-refractivity contribution in [3.05, 3.63) is 0 Å². The molecule has 1 saturated carbocycles. The fourth-order valence-electron chi connectivity index (χ4n) is 3.60. The largest absolute Gasteiger partial charge is 0.375 e. The maximum absolute atomic E-state index is 12.5. The molecule has 1 spiro atoms. The van der Waals surface area contributed by atoms with E-state index in [4.69, 9.17) is 10.5 Å². The highest BCUT2D eigenvalue weighted by atomic mass is 32.2. The lowest BCUT2D eigenvalue weighted by atomic mass is 9.74. The zero-order valence-corrected chi connectivity index (χ0v) is 13.7. The molecule has 2 unspecified atom stereocenters. The van der Waals surface area contributed by atoms with Gasteiger partial charge in [0.15, 0.2) is 5.78 Å². The van der Waals surface area contributed by atoms with Crippen molar-refractivity contribution in [2.45, 2.75) is 63.0 Å². The second kappa shape index (κ2) is 6.75. The topological polar surface area (TPSA) is 86.5 Å². The van der Waals surface area contributed by atoms with Gasteiger partial charge < -0.3 is 10.5 Å². The molecular weight excluding hydrogens is 290 g/mol. The summed E-state index contributed by atoms with van der Waals surface area (Å²) in [5.74, 6) is -0.0628. The van der Waals surface area contributed by atoms with E-state index in [-0.39, 0.29) is 29.5 Å². The van der Waals surface area contributed by atoms with E-state index >= 15 is 0 Å². The Morgan fingerprint density at radius 1 is 1.33 bits per heavy atom. The normalized spacial score (nSPS) is 27.4. The Bertz CT molecular complexity index is 463. The van der Waals surface area contributed by atoms with Crippen LogP contribution >= 0.6 is 0 Å². The first-order valence-electron chi connectivity index (χ1n) is 7.92. The summed E-state index contributed by atoms with van der Waals surface area (Å²) in [6.45, 7) is 0.620. The van der Waals surface area contributed by atoms with Crippen molar-refractivity contribution in [1.82, 2.24) is 0 Å². The van der Waals surface area contributed by atoms with E-state index in [2.05, 4.69) is 0 Å². The number of Topliss-reactive ketones (excluding diaryl/α,β-unsaturated/α-hetero) is 1. The fraction of sp³-hybridized carbons (Fsp3) is 0.933. The molecule has 2 fully saturated rings. The van der Waals surface area contributed by atoms with Crippen molar-refractivity contribution in [1.29, 1.82) is 0 Å². The number of rotatable bonds is 5. The summed E-state index contributed by atoms with van der Waals surface area (Å²) in [6, 6.07) is -0.663. The van der Waals surface area contributed by atoms with E-state index in [1.807, 2.05) is 0 Å². The molecule has 1 heterocycles. The number of sulfone groups is 1. The highest BCUT2D eigenvalue weighted by molar-refractivity contribution is 7.90. The molecule has 1 aliphatic heterocycles. The molecule has 0 aromatic carbocycles. The first-order chi connectivity index (χ1) is 9.81. The Labute approximate surface area is 127 Å². The van der Waals surface area contributed by atoms with Crippen molar-refractivity contribution < 1.29 is 17.9 Å². The molecular formula is C15H27NO4S. The zero-order valence-electron chi connectivity index (χ0n) is 12.8. The van der Waals surface area contributed by atoms with Gasteiger partial charge in [-0.25, -0.2) is 8.42 Å². The summed E-state index contributed by atoms with van der Waals surface area (Å²) < 4.78 is 28.4. The van der Waals surface area contributed by atoms with E-state index in [9.17, 15) is 13.2 Å². The summed E-state index contributed by atoms with van der Waals surface area (Å²) in [6.07, 6.45) is 8.54. The highest BCUT2D eigenvalue weighted by Crippen LogP contribution is 2.41. The second-order valence-corrected chi connectivity index (χ2v) is 8.97. The van der Waals surface area contributed by atoms with Crippen LogP contribution in [0.25, 0.3) is 0 Å². The number of carbonyl (C=O) groups excluding carboxylic acids is 1. The first kappa shape index (κ1) is 16.9. The van der Waals surface area contributed by atoms with E-state index in [0.717, 1.165) is 19.3 Å². The van der Waals surface area contributed by atoms with Crippen LogP contribution in [-0.4, -0.2) is 44.5 Å². The summed E-state index contributed by atoms with van der Waals surface area (Å²) in [7, 11) is -3.07. The minimum absolute atomic E-state index is 0.0196. The van der Waals surface area contributed by atoms with Crippen LogP contribution in [0.15, 0.2) is 0 Å². The Morgan fingerprint density at radius 3 is 2.62 bits per heavy atom. The van der Waals surface area contributed by atoms with Gasteiger partial charge >= 0.3 is 0 Å². The van der Waals surface area contributed by atoms with E-state index < -0.39 is 15.9 Å². The fourth-order valence-corrected chi connectivity index (χ4v) is 4.28. The molecule has 0 aromatic heterocycles. The summed E-state index contributed by atoms with van der Waals surface area (Å²) in [5, 5.41) is 0. The van der Waals surface area contributed by atoms with Crippen LogP contribution < -0.4 is 5.73 Å². The molecule has 1 aliphatic carbocycles. The smallest absolute Gasteiger partial charge is 0.152 e. The van der Waals surface area contributed by atoms with Crippen molar-refractivity contribution in [3.63, 3.8) is 0 Å². The van der Waals surface area contributed by atoms with Gasteiger partial charge in [0.1, 0.15) is 9.84 Å². The van der Waals surface area contributed by atoms with E-state index in [1.165, 1.54) is 25.5 Å². The van der Waals surface area contributed by atoms with Crippen LogP contribution in [-0.2, 0) is 19.4 Å². The van der Waals surface area contributed by atoms with Gasteiger partial charge in [-0.3, -0.25) is 4.79 Å². The number of carbonyl (C=O) groups is 1. The van der Waals surface area contributed by atoms with Gasteiger partial charge in [-0.2, -0.15) is 0 Å². The van der Waals surface area contributed by atoms with Crippen LogP contribution in [0.5, 0.6) is 0 Å². The lowest BCUT2D eigenvalue weighted by Crippen LogP contribution is -2.47. The number of hydrogen-bond acceptors (Lipinski definition) is 5. The monoisotopic (exact) mass is 317 g/mol. The molecule has 5 nitrogen and oxygen atoms in total. The molecule has 2 rings (SSSR count). The van der Waals surface area contributed by atoms with Gasteiger partial charge in [0.2, 0.25) is 0 Å². The van der Waals surface area contributed by atoms with Gasteiger partial charge in [-0.15, -0.1) is 0 Å². The average molecular weight is 317 g/mol. The number of ether oxygens (including phenoxy) is 1. The maximum atomic E-state index is 12.5. The molecule has 2 atom stereocenters. The van der Waals surface area contributed by atoms with Crippen LogP contribution in [0.2, 0.25) is 0 Å². The molecule has 0 aromatic rings. The Kier molecular flexibility index (Phi) is 5.43. The van der Waals surface area contributed by atoms with E-state index in [1.54, 1.807) is 0 Å². The highest BCUT2D eigenvalue weighted by Gasteiger charge is 2.41. The van der Waals surface area contributed by atoms with Crippen LogP contribution in [0, 0.1) is 5.92 Å². The summed E-state index contributed by atoms with van der Waals surface area (Å²) >= 11 is 0. The predicted octanol–water partition coefficient (Wildman–Crippen LogP) is 1.45. The molecule has 0 radical (unpaired) electrons. The standard InChI is InChI=1S/C15H27NO4S/c1-21(18,19)10-6-13(16)14(17)12-5-9-20-15(11-12)7-3-2-4-8-15/h12-13H,2-11,16H2,1H3. The third-order valence-corrected chi connectivity index (χ3v) is 5.80. The molecule has 6 heteroatoms. The number of nitrogens with two attached hydrogens (primary N) is 1. The quantitative estimate of drug-likeness (QED) is 0.829.